The summed E-state index contributed by atoms with van der Waals surface area (Å²) in [7, 11) is 0. The van der Waals surface area contributed by atoms with Gasteiger partial charge in [0.2, 0.25) is 0 Å². The van der Waals surface area contributed by atoms with E-state index in [0.717, 1.165) is 12.8 Å². The molecule has 0 saturated carbocycles. The summed E-state index contributed by atoms with van der Waals surface area (Å²) in [4.78, 5) is 0. The minimum atomic E-state index is 0.0522. The first kappa shape index (κ1) is 13.3. The van der Waals surface area contributed by atoms with Crippen molar-refractivity contribution in [3.8, 4) is 11.1 Å². The number of hydrogen-bond donors (Lipinski definition) is 1. The minimum absolute atomic E-state index is 0.0522. The first-order chi connectivity index (χ1) is 10.8. The van der Waals surface area contributed by atoms with Crippen molar-refractivity contribution >= 4 is 0 Å². The zero-order valence-corrected chi connectivity index (χ0v) is 12.5. The highest BCUT2D eigenvalue weighted by Gasteiger charge is 2.19. The Morgan fingerprint density at radius 3 is 2.36 bits per heavy atom. The molecule has 1 aliphatic carbocycles. The van der Waals surface area contributed by atoms with Gasteiger partial charge in [-0.2, -0.15) is 0 Å². The second kappa shape index (κ2) is 5.43. The van der Waals surface area contributed by atoms with E-state index in [1.165, 1.54) is 33.4 Å². The Bertz CT molecular complexity index is 805. The Balaban J connectivity index is 1.62. The van der Waals surface area contributed by atoms with E-state index in [0.29, 0.717) is 0 Å². The van der Waals surface area contributed by atoms with Gasteiger partial charge in [-0.1, -0.05) is 72.8 Å². The van der Waals surface area contributed by atoms with E-state index in [4.69, 9.17) is 5.73 Å². The van der Waals surface area contributed by atoms with Gasteiger partial charge in [-0.25, -0.2) is 0 Å². The standard InChI is InChI=1S/C21H19N/c22-21(12-15-6-2-1-3-7-15)17-10-11-20-18(14-17)13-16-8-4-5-9-19(16)20/h1-11,14,21H,12-13,22H2/t21-/m0/s1. The second-order valence-electron chi connectivity index (χ2n) is 6.05. The highest BCUT2D eigenvalue weighted by atomic mass is 14.6. The first-order valence-electron chi connectivity index (χ1n) is 7.82. The van der Waals surface area contributed by atoms with Crippen molar-refractivity contribution in [1.29, 1.82) is 0 Å². The van der Waals surface area contributed by atoms with Gasteiger partial charge in [0.25, 0.3) is 0 Å². The van der Waals surface area contributed by atoms with Crippen LogP contribution in [0, 0.1) is 0 Å². The Morgan fingerprint density at radius 2 is 1.50 bits per heavy atom. The van der Waals surface area contributed by atoms with E-state index in [-0.39, 0.29) is 6.04 Å². The number of rotatable bonds is 3. The van der Waals surface area contributed by atoms with E-state index in [2.05, 4.69) is 66.7 Å². The van der Waals surface area contributed by atoms with Crippen LogP contribution in [0.1, 0.15) is 28.3 Å². The van der Waals surface area contributed by atoms with Crippen molar-refractivity contribution in [2.45, 2.75) is 18.9 Å². The van der Waals surface area contributed by atoms with Crippen molar-refractivity contribution in [2.75, 3.05) is 0 Å². The molecule has 0 unspecified atom stereocenters. The predicted molar refractivity (Wildman–Crippen MR) is 91.8 cm³/mol. The summed E-state index contributed by atoms with van der Waals surface area (Å²) in [6.45, 7) is 0. The zero-order chi connectivity index (χ0) is 14.9. The molecule has 0 aliphatic heterocycles. The molecule has 0 saturated heterocycles. The number of nitrogens with two attached hydrogens (primary N) is 1. The summed E-state index contributed by atoms with van der Waals surface area (Å²) in [5.74, 6) is 0. The molecule has 1 atom stereocenters. The molecule has 3 aromatic rings. The monoisotopic (exact) mass is 285 g/mol. The molecule has 0 bridgehead atoms. The molecule has 0 spiro atoms. The Morgan fingerprint density at radius 1 is 0.773 bits per heavy atom. The summed E-state index contributed by atoms with van der Waals surface area (Å²) >= 11 is 0. The molecule has 1 nitrogen and oxygen atoms in total. The van der Waals surface area contributed by atoms with Crippen LogP contribution in [0.15, 0.2) is 72.8 Å². The maximum Gasteiger partial charge on any atom is 0.0335 e. The first-order valence-corrected chi connectivity index (χ1v) is 7.82. The Kier molecular flexibility index (Phi) is 3.28. The van der Waals surface area contributed by atoms with Gasteiger partial charge in [0.15, 0.2) is 0 Å². The zero-order valence-electron chi connectivity index (χ0n) is 12.5. The third-order valence-electron chi connectivity index (χ3n) is 4.54. The average Bonchev–Trinajstić information content (AvgIpc) is 2.93. The van der Waals surface area contributed by atoms with Crippen LogP contribution in [0.2, 0.25) is 0 Å². The van der Waals surface area contributed by atoms with E-state index >= 15 is 0 Å². The van der Waals surface area contributed by atoms with Crippen molar-refractivity contribution in [3.63, 3.8) is 0 Å². The van der Waals surface area contributed by atoms with Crippen LogP contribution in [-0.4, -0.2) is 0 Å². The molecular formula is C21H19N. The summed E-state index contributed by atoms with van der Waals surface area (Å²) in [5.41, 5.74) is 14.5. The van der Waals surface area contributed by atoms with Crippen LogP contribution < -0.4 is 5.73 Å². The molecule has 0 aromatic heterocycles. The molecule has 1 heteroatoms. The van der Waals surface area contributed by atoms with E-state index < -0.39 is 0 Å². The van der Waals surface area contributed by atoms with Gasteiger partial charge in [-0.15, -0.1) is 0 Å². The third-order valence-corrected chi connectivity index (χ3v) is 4.54. The van der Waals surface area contributed by atoms with Gasteiger partial charge in [0, 0.05) is 6.04 Å². The fraction of sp³-hybridized carbons (Fsp3) is 0.143. The smallest absolute Gasteiger partial charge is 0.0335 e. The maximum absolute atomic E-state index is 6.43. The predicted octanol–water partition coefficient (Wildman–Crippen LogP) is 4.50. The lowest BCUT2D eigenvalue weighted by Crippen LogP contribution is -2.13. The largest absolute Gasteiger partial charge is 0.324 e. The molecule has 3 aromatic carbocycles. The summed E-state index contributed by atoms with van der Waals surface area (Å²) in [6.07, 6.45) is 1.91. The molecule has 0 amide bonds. The molecule has 1 aliphatic rings. The van der Waals surface area contributed by atoms with Crippen molar-refractivity contribution < 1.29 is 0 Å². The van der Waals surface area contributed by atoms with Crippen LogP contribution in [0.5, 0.6) is 0 Å². The Hall–Kier alpha value is -2.38. The average molecular weight is 285 g/mol. The van der Waals surface area contributed by atoms with Crippen LogP contribution in [0.3, 0.4) is 0 Å². The molecule has 2 N–H and O–H groups in total. The van der Waals surface area contributed by atoms with Crippen LogP contribution in [0.4, 0.5) is 0 Å². The fourth-order valence-electron chi connectivity index (χ4n) is 3.38. The van der Waals surface area contributed by atoms with Gasteiger partial charge in [0.1, 0.15) is 0 Å². The normalized spacial score (nSPS) is 13.5. The van der Waals surface area contributed by atoms with Gasteiger partial charge in [-0.3, -0.25) is 0 Å². The van der Waals surface area contributed by atoms with Crippen LogP contribution >= 0.6 is 0 Å². The van der Waals surface area contributed by atoms with Crippen molar-refractivity contribution in [3.05, 3.63) is 95.1 Å². The van der Waals surface area contributed by atoms with Crippen molar-refractivity contribution in [2.24, 2.45) is 5.73 Å². The third kappa shape index (κ3) is 2.34. The van der Waals surface area contributed by atoms with Crippen LogP contribution in [0.25, 0.3) is 11.1 Å². The summed E-state index contributed by atoms with van der Waals surface area (Å²) < 4.78 is 0. The highest BCUT2D eigenvalue weighted by Crippen LogP contribution is 2.37. The van der Waals surface area contributed by atoms with Crippen LogP contribution in [-0.2, 0) is 12.8 Å². The molecule has 0 fully saturated rings. The van der Waals surface area contributed by atoms with Gasteiger partial charge >= 0.3 is 0 Å². The highest BCUT2D eigenvalue weighted by molar-refractivity contribution is 5.77. The lowest BCUT2D eigenvalue weighted by Gasteiger charge is -2.14. The molecule has 0 radical (unpaired) electrons. The second-order valence-corrected chi connectivity index (χ2v) is 6.05. The molecule has 22 heavy (non-hydrogen) atoms. The quantitative estimate of drug-likeness (QED) is 0.589. The maximum atomic E-state index is 6.43. The SMILES string of the molecule is N[C@@H](Cc1ccccc1)c1ccc2c(c1)Cc1ccccc1-2. The molecule has 0 heterocycles. The summed E-state index contributed by atoms with van der Waals surface area (Å²) in [5, 5.41) is 0. The van der Waals surface area contributed by atoms with Gasteiger partial charge in [0.05, 0.1) is 0 Å². The minimum Gasteiger partial charge on any atom is -0.324 e. The molecule has 4 rings (SSSR count). The van der Waals surface area contributed by atoms with E-state index in [9.17, 15) is 0 Å². The number of benzene rings is 3. The molecular weight excluding hydrogens is 266 g/mol. The lowest BCUT2D eigenvalue weighted by atomic mass is 9.96. The van der Waals surface area contributed by atoms with E-state index in [1.54, 1.807) is 0 Å². The fourth-order valence-corrected chi connectivity index (χ4v) is 3.38. The van der Waals surface area contributed by atoms with Gasteiger partial charge in [-0.05, 0) is 46.2 Å². The number of hydrogen-bond acceptors (Lipinski definition) is 1. The van der Waals surface area contributed by atoms with Crippen molar-refractivity contribution in [1.82, 2.24) is 0 Å². The summed E-state index contributed by atoms with van der Waals surface area (Å²) in [6, 6.07) is 25.9. The molecule has 108 valence electrons. The van der Waals surface area contributed by atoms with E-state index in [1.807, 2.05) is 6.07 Å². The topological polar surface area (TPSA) is 26.0 Å². The number of fused-ring (bicyclic) bond motifs is 3. The lowest BCUT2D eigenvalue weighted by molar-refractivity contribution is 0.721. The van der Waals surface area contributed by atoms with Gasteiger partial charge < -0.3 is 5.73 Å². The Labute approximate surface area is 131 Å².